The largest absolute Gasteiger partial charge is 0.481 e. The minimum atomic E-state index is -1.02. The minimum absolute atomic E-state index is 0.00339. The molecule has 1 aliphatic heterocycles. The molecule has 1 fully saturated rings. The maximum absolute atomic E-state index is 12.9. The zero-order chi connectivity index (χ0) is 18.6. The lowest BCUT2D eigenvalue weighted by Gasteiger charge is -2.26. The number of aryl methyl sites for hydroxylation is 2. The molecule has 0 radical (unpaired) electrons. The van der Waals surface area contributed by atoms with Gasteiger partial charge in [-0.25, -0.2) is 4.79 Å². The van der Waals surface area contributed by atoms with E-state index in [1.54, 1.807) is 19.2 Å². The molecule has 0 unspecified atom stereocenters. The van der Waals surface area contributed by atoms with Crippen molar-refractivity contribution >= 4 is 11.9 Å². The first-order valence-corrected chi connectivity index (χ1v) is 8.56. The van der Waals surface area contributed by atoms with Gasteiger partial charge in [0.2, 0.25) is 0 Å². The zero-order valence-electron chi connectivity index (χ0n) is 15.4. The predicted molar refractivity (Wildman–Crippen MR) is 94.2 cm³/mol. The van der Waals surface area contributed by atoms with Crippen LogP contribution in [0.3, 0.4) is 0 Å². The molecular formula is C19H27NO5. The van der Waals surface area contributed by atoms with Gasteiger partial charge in [-0.3, -0.25) is 4.79 Å². The number of carboxylic acids is 1. The second kappa shape index (κ2) is 7.87. The second-order valence-electron chi connectivity index (χ2n) is 6.92. The minimum Gasteiger partial charge on any atom is -0.481 e. The van der Waals surface area contributed by atoms with Crippen LogP contribution in [0.15, 0.2) is 12.1 Å². The highest BCUT2D eigenvalue weighted by Gasteiger charge is 2.29. The molecule has 1 heterocycles. The smallest absolute Gasteiger partial charge is 0.341 e. The van der Waals surface area contributed by atoms with Gasteiger partial charge < -0.3 is 19.5 Å². The summed E-state index contributed by atoms with van der Waals surface area (Å²) in [5, 5.41) is 8.76. The van der Waals surface area contributed by atoms with E-state index in [0.717, 1.165) is 30.4 Å². The molecule has 1 aromatic carbocycles. The fraction of sp³-hybridized carbons (Fsp3) is 0.579. The number of benzene rings is 1. The molecule has 1 amide bonds. The molecule has 0 bridgehead atoms. The van der Waals surface area contributed by atoms with Gasteiger partial charge in [0, 0.05) is 25.8 Å². The van der Waals surface area contributed by atoms with Crippen molar-refractivity contribution < 1.29 is 24.2 Å². The number of aliphatic carboxylic acids is 1. The van der Waals surface area contributed by atoms with Crippen molar-refractivity contribution in [3.05, 3.63) is 28.8 Å². The maximum atomic E-state index is 12.9. The van der Waals surface area contributed by atoms with Crippen LogP contribution >= 0.6 is 0 Å². The van der Waals surface area contributed by atoms with Gasteiger partial charge in [0.15, 0.2) is 6.61 Å². The lowest BCUT2D eigenvalue weighted by atomic mass is 9.97. The SMILES string of the molecule is CO[C@@]1(C)CCCN(C(=O)c2cc(C)c(OCC(=O)O)c(C)c2)CC1. The van der Waals surface area contributed by atoms with Gasteiger partial charge in [-0.2, -0.15) is 0 Å². The molecule has 1 atom stereocenters. The number of likely N-dealkylation sites (tertiary alicyclic amines) is 1. The van der Waals surface area contributed by atoms with Crippen molar-refractivity contribution in [2.24, 2.45) is 0 Å². The van der Waals surface area contributed by atoms with E-state index >= 15 is 0 Å². The number of rotatable bonds is 5. The molecule has 1 N–H and O–H groups in total. The monoisotopic (exact) mass is 349 g/mol. The van der Waals surface area contributed by atoms with Gasteiger partial charge >= 0.3 is 5.97 Å². The first kappa shape index (κ1) is 19.2. The van der Waals surface area contributed by atoms with Gasteiger partial charge in [0.25, 0.3) is 5.91 Å². The number of carbonyl (C=O) groups is 2. The summed E-state index contributed by atoms with van der Waals surface area (Å²) in [5.41, 5.74) is 1.97. The Morgan fingerprint density at radius 1 is 1.20 bits per heavy atom. The van der Waals surface area contributed by atoms with Gasteiger partial charge in [0.1, 0.15) is 5.75 Å². The quantitative estimate of drug-likeness (QED) is 0.884. The number of hydrogen-bond acceptors (Lipinski definition) is 4. The topological polar surface area (TPSA) is 76.1 Å². The lowest BCUT2D eigenvalue weighted by molar-refractivity contribution is -0.139. The van der Waals surface area contributed by atoms with E-state index in [1.807, 2.05) is 18.7 Å². The molecule has 25 heavy (non-hydrogen) atoms. The molecule has 0 aliphatic carbocycles. The van der Waals surface area contributed by atoms with Crippen molar-refractivity contribution in [3.63, 3.8) is 0 Å². The molecule has 0 aromatic heterocycles. The summed E-state index contributed by atoms with van der Waals surface area (Å²) in [6.45, 7) is 6.73. The Kier molecular flexibility index (Phi) is 6.06. The van der Waals surface area contributed by atoms with E-state index in [1.165, 1.54) is 0 Å². The van der Waals surface area contributed by atoms with E-state index in [9.17, 15) is 9.59 Å². The molecule has 6 nitrogen and oxygen atoms in total. The van der Waals surface area contributed by atoms with Crippen LogP contribution in [0.25, 0.3) is 0 Å². The number of nitrogens with zero attached hydrogens (tertiary/aromatic N) is 1. The van der Waals surface area contributed by atoms with E-state index in [0.29, 0.717) is 24.4 Å². The van der Waals surface area contributed by atoms with Crippen LogP contribution in [-0.4, -0.2) is 54.3 Å². The first-order chi connectivity index (χ1) is 11.8. The van der Waals surface area contributed by atoms with Gasteiger partial charge in [-0.1, -0.05) is 0 Å². The number of ether oxygens (including phenoxy) is 2. The Hall–Kier alpha value is -2.08. The second-order valence-corrected chi connectivity index (χ2v) is 6.92. The fourth-order valence-electron chi connectivity index (χ4n) is 3.28. The Labute approximate surface area is 148 Å². The highest BCUT2D eigenvalue weighted by molar-refractivity contribution is 5.95. The zero-order valence-corrected chi connectivity index (χ0v) is 15.4. The first-order valence-electron chi connectivity index (χ1n) is 8.56. The summed E-state index contributed by atoms with van der Waals surface area (Å²) >= 11 is 0. The molecule has 0 saturated carbocycles. The number of carboxylic acid groups (broad SMARTS) is 1. The van der Waals surface area contributed by atoms with Crippen LogP contribution in [0.1, 0.15) is 47.7 Å². The highest BCUT2D eigenvalue weighted by atomic mass is 16.5. The molecule has 1 aliphatic rings. The van der Waals surface area contributed by atoms with Crippen LogP contribution in [0.2, 0.25) is 0 Å². The molecule has 138 valence electrons. The predicted octanol–water partition coefficient (Wildman–Crippen LogP) is 2.80. The summed E-state index contributed by atoms with van der Waals surface area (Å²) in [4.78, 5) is 25.4. The summed E-state index contributed by atoms with van der Waals surface area (Å²) in [6.07, 6.45) is 2.66. The van der Waals surface area contributed by atoms with Crippen LogP contribution in [0.4, 0.5) is 0 Å². The molecule has 2 rings (SSSR count). The van der Waals surface area contributed by atoms with Gasteiger partial charge in [-0.15, -0.1) is 0 Å². The van der Waals surface area contributed by atoms with E-state index in [2.05, 4.69) is 6.92 Å². The average Bonchev–Trinajstić information content (AvgIpc) is 2.75. The molecule has 1 aromatic rings. The standard InChI is InChI=1S/C19H27NO5/c1-13-10-15(11-14(2)17(13)25-12-16(21)22)18(23)20-8-5-6-19(3,24-4)7-9-20/h10-11H,5-9,12H2,1-4H3,(H,21,22)/t19-/m0/s1. The van der Waals surface area contributed by atoms with E-state index < -0.39 is 12.6 Å². The van der Waals surface area contributed by atoms with Crippen molar-refractivity contribution in [2.45, 2.75) is 45.6 Å². The van der Waals surface area contributed by atoms with E-state index in [4.69, 9.17) is 14.6 Å². The van der Waals surface area contributed by atoms with Crippen molar-refractivity contribution in [2.75, 3.05) is 26.8 Å². The third-order valence-electron chi connectivity index (χ3n) is 4.87. The van der Waals surface area contributed by atoms with Crippen LogP contribution in [0, 0.1) is 13.8 Å². The highest BCUT2D eigenvalue weighted by Crippen LogP contribution is 2.28. The molecular weight excluding hydrogens is 322 g/mol. The van der Waals surface area contributed by atoms with Gasteiger partial charge in [-0.05, 0) is 63.3 Å². The number of hydrogen-bond donors (Lipinski definition) is 1. The van der Waals surface area contributed by atoms with E-state index in [-0.39, 0.29) is 11.5 Å². The molecule has 1 saturated heterocycles. The summed E-state index contributed by atoms with van der Waals surface area (Å²) in [5.74, 6) is -0.497. The maximum Gasteiger partial charge on any atom is 0.341 e. The molecule has 0 spiro atoms. The Morgan fingerprint density at radius 3 is 2.40 bits per heavy atom. The number of carbonyl (C=O) groups excluding carboxylic acids is 1. The average molecular weight is 349 g/mol. The Bertz CT molecular complexity index is 634. The Balaban J connectivity index is 2.15. The third-order valence-corrected chi connectivity index (χ3v) is 4.87. The van der Waals surface area contributed by atoms with Crippen molar-refractivity contribution in [1.29, 1.82) is 0 Å². The number of methoxy groups -OCH3 is 1. The summed E-state index contributed by atoms with van der Waals surface area (Å²) in [6, 6.07) is 3.54. The fourth-order valence-corrected chi connectivity index (χ4v) is 3.28. The normalized spacial score (nSPS) is 20.9. The lowest BCUT2D eigenvalue weighted by Crippen LogP contribution is -2.34. The number of amides is 1. The Morgan fingerprint density at radius 2 is 1.84 bits per heavy atom. The summed E-state index contributed by atoms with van der Waals surface area (Å²) < 4.78 is 10.9. The van der Waals surface area contributed by atoms with Crippen LogP contribution < -0.4 is 4.74 Å². The van der Waals surface area contributed by atoms with Gasteiger partial charge in [0.05, 0.1) is 5.60 Å². The van der Waals surface area contributed by atoms with Crippen molar-refractivity contribution in [3.8, 4) is 5.75 Å². The van der Waals surface area contributed by atoms with Crippen molar-refractivity contribution in [1.82, 2.24) is 4.90 Å². The molecule has 6 heteroatoms. The third kappa shape index (κ3) is 4.72. The summed E-state index contributed by atoms with van der Waals surface area (Å²) in [7, 11) is 1.72. The van der Waals surface area contributed by atoms with Crippen LogP contribution in [-0.2, 0) is 9.53 Å². The van der Waals surface area contributed by atoms with Crippen LogP contribution in [0.5, 0.6) is 5.75 Å².